The molecule has 30 heavy (non-hydrogen) atoms. The molecule has 1 heterocycles. The molecule has 1 atom stereocenters. The Kier molecular flexibility index (Phi) is 7.30. The molecular weight excluding hydrogens is 408 g/mol. The molecule has 1 N–H and O–H groups in total. The molecule has 1 aliphatic carbocycles. The predicted molar refractivity (Wildman–Crippen MR) is 113 cm³/mol. The van der Waals surface area contributed by atoms with Crippen molar-refractivity contribution in [2.45, 2.75) is 25.3 Å². The molecule has 0 radical (unpaired) electrons. The third-order valence-corrected chi connectivity index (χ3v) is 6.01. The Morgan fingerprint density at radius 2 is 1.87 bits per heavy atom. The number of nitro benzene ring substituents is 1. The molecule has 10 heteroatoms. The van der Waals surface area contributed by atoms with Crippen LogP contribution in [0.1, 0.15) is 29.6 Å². The van der Waals surface area contributed by atoms with Crippen LogP contribution in [-0.4, -0.2) is 76.7 Å². The molecule has 3 amide bonds. The first kappa shape index (κ1) is 22.1. The topological polar surface area (TPSA) is 113 Å². The van der Waals surface area contributed by atoms with E-state index in [0.717, 1.165) is 12.8 Å². The van der Waals surface area contributed by atoms with E-state index in [1.807, 2.05) is 11.2 Å². The van der Waals surface area contributed by atoms with Gasteiger partial charge < -0.3 is 15.1 Å². The number of non-ortho nitro benzene ring substituents is 1. The molecule has 0 spiro atoms. The molecule has 1 saturated carbocycles. The number of nitrogens with zero attached hydrogens (tertiary/aromatic N) is 3. The maximum absolute atomic E-state index is 13.1. The minimum Gasteiger partial charge on any atom is -0.340 e. The maximum Gasteiger partial charge on any atom is 0.270 e. The fraction of sp³-hybridized carbons (Fsp3) is 0.550. The molecule has 2 aliphatic rings. The van der Waals surface area contributed by atoms with Crippen LogP contribution in [-0.2, 0) is 9.59 Å². The number of carbonyl (C=O) groups excluding carboxylic acids is 3. The van der Waals surface area contributed by atoms with E-state index in [2.05, 4.69) is 5.32 Å². The van der Waals surface area contributed by atoms with Crippen molar-refractivity contribution in [3.8, 4) is 0 Å². The number of rotatable bonds is 8. The SMILES string of the molecule is CSCCC(NC(=O)c1cccc([N+](=O)[O-])c1)C(=O)N1CCN(C(=O)C2CC2)CC1. The van der Waals surface area contributed by atoms with E-state index in [0.29, 0.717) is 38.4 Å². The molecule has 1 aromatic rings. The largest absolute Gasteiger partial charge is 0.340 e. The second-order valence-electron chi connectivity index (χ2n) is 7.54. The van der Waals surface area contributed by atoms with Crippen LogP contribution in [0.25, 0.3) is 0 Å². The zero-order valence-electron chi connectivity index (χ0n) is 16.9. The van der Waals surface area contributed by atoms with E-state index in [4.69, 9.17) is 0 Å². The Morgan fingerprint density at radius 1 is 1.20 bits per heavy atom. The first-order valence-corrected chi connectivity index (χ1v) is 11.4. The summed E-state index contributed by atoms with van der Waals surface area (Å²) in [6.45, 7) is 1.91. The van der Waals surface area contributed by atoms with Crippen LogP contribution in [0, 0.1) is 16.0 Å². The maximum atomic E-state index is 13.1. The van der Waals surface area contributed by atoms with E-state index < -0.39 is 16.9 Å². The number of nitrogens with one attached hydrogen (secondary N) is 1. The number of carbonyl (C=O) groups is 3. The Morgan fingerprint density at radius 3 is 2.47 bits per heavy atom. The summed E-state index contributed by atoms with van der Waals surface area (Å²) >= 11 is 1.57. The van der Waals surface area contributed by atoms with Crippen molar-refractivity contribution in [2.24, 2.45) is 5.92 Å². The molecular formula is C20H26N4O5S. The third-order valence-electron chi connectivity index (χ3n) is 5.36. The molecule has 3 rings (SSSR count). The number of hydrogen-bond acceptors (Lipinski definition) is 6. The van der Waals surface area contributed by atoms with Gasteiger partial charge in [-0.25, -0.2) is 0 Å². The van der Waals surface area contributed by atoms with Crippen LogP contribution in [0.2, 0.25) is 0 Å². The lowest BCUT2D eigenvalue weighted by Crippen LogP contribution is -2.56. The highest BCUT2D eigenvalue weighted by Crippen LogP contribution is 2.31. The van der Waals surface area contributed by atoms with Crippen LogP contribution in [0.15, 0.2) is 24.3 Å². The van der Waals surface area contributed by atoms with E-state index in [-0.39, 0.29) is 29.0 Å². The summed E-state index contributed by atoms with van der Waals surface area (Å²) in [5, 5.41) is 13.7. The highest BCUT2D eigenvalue weighted by Gasteiger charge is 2.36. The summed E-state index contributed by atoms with van der Waals surface area (Å²) < 4.78 is 0. The minimum atomic E-state index is -0.713. The average molecular weight is 435 g/mol. The van der Waals surface area contributed by atoms with Gasteiger partial charge in [0.15, 0.2) is 0 Å². The minimum absolute atomic E-state index is 0.144. The highest BCUT2D eigenvalue weighted by molar-refractivity contribution is 7.98. The van der Waals surface area contributed by atoms with Crippen molar-refractivity contribution in [3.63, 3.8) is 0 Å². The lowest BCUT2D eigenvalue weighted by atomic mass is 10.1. The van der Waals surface area contributed by atoms with Crippen molar-refractivity contribution in [1.82, 2.24) is 15.1 Å². The molecule has 9 nitrogen and oxygen atoms in total. The van der Waals surface area contributed by atoms with Gasteiger partial charge in [0.2, 0.25) is 11.8 Å². The van der Waals surface area contributed by atoms with Crippen LogP contribution in [0.5, 0.6) is 0 Å². The second kappa shape index (κ2) is 9.92. The van der Waals surface area contributed by atoms with Crippen molar-refractivity contribution < 1.29 is 19.3 Å². The van der Waals surface area contributed by atoms with Crippen LogP contribution in [0.3, 0.4) is 0 Å². The Labute approximate surface area is 179 Å². The first-order valence-electron chi connectivity index (χ1n) is 10.0. The quantitative estimate of drug-likeness (QED) is 0.490. The van der Waals surface area contributed by atoms with Gasteiger partial charge in [0.25, 0.3) is 11.6 Å². The van der Waals surface area contributed by atoms with Crippen molar-refractivity contribution in [2.75, 3.05) is 38.2 Å². The van der Waals surface area contributed by atoms with Gasteiger partial charge in [-0.05, 0) is 37.3 Å². The number of amides is 3. The number of thioether (sulfide) groups is 1. The van der Waals surface area contributed by atoms with Gasteiger partial charge >= 0.3 is 0 Å². The molecule has 1 unspecified atom stereocenters. The fourth-order valence-corrected chi connectivity index (χ4v) is 3.92. The normalized spacial score (nSPS) is 17.4. The Bertz CT molecular complexity index is 821. The van der Waals surface area contributed by atoms with Crippen molar-refractivity contribution >= 4 is 35.2 Å². The monoisotopic (exact) mass is 434 g/mol. The number of benzene rings is 1. The highest BCUT2D eigenvalue weighted by atomic mass is 32.2. The Balaban J connectivity index is 1.62. The molecule has 0 bridgehead atoms. The molecule has 1 aromatic carbocycles. The average Bonchev–Trinajstić information content (AvgIpc) is 3.61. The van der Waals surface area contributed by atoms with Gasteiger partial charge in [-0.15, -0.1) is 0 Å². The number of piperazine rings is 1. The zero-order valence-corrected chi connectivity index (χ0v) is 17.7. The van der Waals surface area contributed by atoms with Crippen LogP contribution in [0.4, 0.5) is 5.69 Å². The van der Waals surface area contributed by atoms with Crippen LogP contribution >= 0.6 is 11.8 Å². The third kappa shape index (κ3) is 5.50. The summed E-state index contributed by atoms with van der Waals surface area (Å²) in [4.78, 5) is 51.8. The molecule has 162 valence electrons. The van der Waals surface area contributed by atoms with E-state index >= 15 is 0 Å². The van der Waals surface area contributed by atoms with Crippen molar-refractivity contribution in [1.29, 1.82) is 0 Å². The van der Waals surface area contributed by atoms with Crippen LogP contribution < -0.4 is 5.32 Å². The Hall–Kier alpha value is -2.62. The van der Waals surface area contributed by atoms with Gasteiger partial charge in [-0.3, -0.25) is 24.5 Å². The second-order valence-corrected chi connectivity index (χ2v) is 8.53. The van der Waals surface area contributed by atoms with E-state index in [1.165, 1.54) is 24.3 Å². The van der Waals surface area contributed by atoms with Gasteiger partial charge in [-0.1, -0.05) is 6.07 Å². The van der Waals surface area contributed by atoms with Gasteiger partial charge in [0.05, 0.1) is 4.92 Å². The number of nitro groups is 1. The van der Waals surface area contributed by atoms with Gasteiger partial charge in [0, 0.05) is 49.8 Å². The summed E-state index contributed by atoms with van der Waals surface area (Å²) in [5.41, 5.74) is -0.0305. The summed E-state index contributed by atoms with van der Waals surface area (Å²) in [5.74, 6) is 0.337. The lowest BCUT2D eigenvalue weighted by molar-refractivity contribution is -0.384. The fourth-order valence-electron chi connectivity index (χ4n) is 3.45. The lowest BCUT2D eigenvalue weighted by Gasteiger charge is -2.36. The van der Waals surface area contributed by atoms with E-state index in [9.17, 15) is 24.5 Å². The zero-order chi connectivity index (χ0) is 21.7. The van der Waals surface area contributed by atoms with Gasteiger partial charge in [0.1, 0.15) is 6.04 Å². The molecule has 2 fully saturated rings. The summed E-state index contributed by atoms with van der Waals surface area (Å²) in [7, 11) is 0. The summed E-state index contributed by atoms with van der Waals surface area (Å²) in [6, 6.07) is 4.74. The molecule has 1 saturated heterocycles. The predicted octanol–water partition coefficient (Wildman–Crippen LogP) is 1.53. The molecule has 1 aliphatic heterocycles. The molecule has 0 aromatic heterocycles. The number of hydrogen-bond donors (Lipinski definition) is 1. The first-order chi connectivity index (χ1) is 14.4. The van der Waals surface area contributed by atoms with Gasteiger partial charge in [-0.2, -0.15) is 11.8 Å². The summed E-state index contributed by atoms with van der Waals surface area (Å²) in [6.07, 6.45) is 4.30. The van der Waals surface area contributed by atoms with Crippen molar-refractivity contribution in [3.05, 3.63) is 39.9 Å². The standard InChI is InChI=1S/C20H26N4O5S/c1-30-12-7-17(21-18(25)15-3-2-4-16(13-15)24(28)29)20(27)23-10-8-22(9-11-23)19(26)14-5-6-14/h2-4,13-14,17H,5-12H2,1H3,(H,21,25). The van der Waals surface area contributed by atoms with E-state index in [1.54, 1.807) is 16.7 Å². The smallest absolute Gasteiger partial charge is 0.270 e.